The Bertz CT molecular complexity index is 520. The summed E-state index contributed by atoms with van der Waals surface area (Å²) in [6, 6.07) is 0. The predicted molar refractivity (Wildman–Crippen MR) is 90.4 cm³/mol. The summed E-state index contributed by atoms with van der Waals surface area (Å²) in [4.78, 5) is 15.3. The van der Waals surface area contributed by atoms with Crippen molar-refractivity contribution in [3.8, 4) is 0 Å². The van der Waals surface area contributed by atoms with Gasteiger partial charge < -0.3 is 15.2 Å². The Morgan fingerprint density at radius 1 is 1.33 bits per heavy atom. The van der Waals surface area contributed by atoms with Gasteiger partial charge in [-0.2, -0.15) is 0 Å². The number of aromatic amines is 1. The highest BCUT2D eigenvalue weighted by molar-refractivity contribution is 7.81. The molecule has 1 atom stereocenters. The first kappa shape index (κ1) is 14.8. The van der Waals surface area contributed by atoms with E-state index in [1.54, 1.807) is 0 Å². The van der Waals surface area contributed by atoms with Gasteiger partial charge in [-0.15, -0.1) is 12.6 Å². The number of nitrogens with zero attached hydrogens (tertiary/aromatic N) is 3. The van der Waals surface area contributed by atoms with Gasteiger partial charge in [0, 0.05) is 19.0 Å². The van der Waals surface area contributed by atoms with Crippen LogP contribution in [0.3, 0.4) is 0 Å². The van der Waals surface area contributed by atoms with Gasteiger partial charge in [-0.1, -0.05) is 20.3 Å². The van der Waals surface area contributed by atoms with Crippen LogP contribution in [0.1, 0.15) is 63.4 Å². The van der Waals surface area contributed by atoms with Crippen molar-refractivity contribution in [2.75, 3.05) is 18.0 Å². The first-order chi connectivity index (χ1) is 10.2. The Morgan fingerprint density at radius 3 is 2.81 bits per heavy atom. The first-order valence-corrected chi connectivity index (χ1v) is 8.62. The van der Waals surface area contributed by atoms with Crippen LogP contribution in [0.5, 0.6) is 0 Å². The zero-order valence-corrected chi connectivity index (χ0v) is 13.8. The topological polar surface area (TPSA) is 56.3 Å². The summed E-state index contributed by atoms with van der Waals surface area (Å²) in [6.45, 7) is 6.17. The fourth-order valence-electron chi connectivity index (χ4n) is 2.64. The van der Waals surface area contributed by atoms with Crippen molar-refractivity contribution < 1.29 is 0 Å². The van der Waals surface area contributed by atoms with Crippen LogP contribution < -0.4 is 10.2 Å². The van der Waals surface area contributed by atoms with Crippen molar-refractivity contribution in [2.45, 2.75) is 57.4 Å². The molecule has 0 radical (unpaired) electrons. The Hall–Kier alpha value is -1.17. The molecule has 21 heavy (non-hydrogen) atoms. The van der Waals surface area contributed by atoms with E-state index in [-0.39, 0.29) is 5.50 Å². The highest BCUT2D eigenvalue weighted by atomic mass is 32.1. The average Bonchev–Trinajstić information content (AvgIpc) is 3.22. The summed E-state index contributed by atoms with van der Waals surface area (Å²) in [5.41, 5.74) is 1.000. The molecule has 2 aliphatic rings. The lowest BCUT2D eigenvalue weighted by Crippen LogP contribution is -2.50. The molecule has 1 aromatic rings. The minimum atomic E-state index is -0.0480. The number of aliphatic imine (C=N–C) groups is 1. The van der Waals surface area contributed by atoms with E-state index in [0.29, 0.717) is 5.92 Å². The van der Waals surface area contributed by atoms with Crippen molar-refractivity contribution in [1.82, 2.24) is 15.3 Å². The van der Waals surface area contributed by atoms with Crippen LogP contribution >= 0.6 is 12.6 Å². The van der Waals surface area contributed by atoms with Crippen LogP contribution in [-0.2, 0) is 0 Å². The van der Waals surface area contributed by atoms with Gasteiger partial charge >= 0.3 is 0 Å². The number of aromatic nitrogens is 2. The number of hydrogen-bond acceptors (Lipinski definition) is 4. The molecule has 1 unspecified atom stereocenters. The van der Waals surface area contributed by atoms with E-state index in [1.165, 1.54) is 12.8 Å². The number of rotatable bonds is 6. The van der Waals surface area contributed by atoms with E-state index in [1.807, 2.05) is 0 Å². The molecule has 0 spiro atoms. The molecule has 5 nitrogen and oxygen atoms in total. The second-order valence-electron chi connectivity index (χ2n) is 5.89. The number of amidine groups is 1. The van der Waals surface area contributed by atoms with Crippen LogP contribution in [0.25, 0.3) is 0 Å². The summed E-state index contributed by atoms with van der Waals surface area (Å²) >= 11 is 4.68. The van der Waals surface area contributed by atoms with Gasteiger partial charge in [-0.05, 0) is 25.7 Å². The summed E-state index contributed by atoms with van der Waals surface area (Å²) in [7, 11) is 0. The zero-order chi connectivity index (χ0) is 14.8. The lowest BCUT2D eigenvalue weighted by atomic mass is 10.3. The highest BCUT2D eigenvalue weighted by Gasteiger charge is 2.34. The molecular weight excluding hydrogens is 282 g/mol. The van der Waals surface area contributed by atoms with Crippen molar-refractivity contribution in [1.29, 1.82) is 0 Å². The zero-order valence-electron chi connectivity index (χ0n) is 12.9. The maximum Gasteiger partial charge on any atom is 0.160 e. The quantitative estimate of drug-likeness (QED) is 0.559. The smallest absolute Gasteiger partial charge is 0.160 e. The SMILES string of the molecule is CCCCN=C1NC(S)N(CCC)c2nc(C3CC3)[nH]c21. The maximum absolute atomic E-state index is 4.84. The van der Waals surface area contributed by atoms with Gasteiger partial charge in [-0.3, -0.25) is 4.99 Å². The van der Waals surface area contributed by atoms with Crippen LogP contribution in [0.15, 0.2) is 4.99 Å². The molecule has 116 valence electrons. The Balaban J connectivity index is 1.91. The van der Waals surface area contributed by atoms with E-state index < -0.39 is 0 Å². The second kappa shape index (κ2) is 6.30. The fourth-order valence-corrected chi connectivity index (χ4v) is 2.98. The molecule has 3 rings (SSSR count). The largest absolute Gasteiger partial charge is 0.340 e. The lowest BCUT2D eigenvalue weighted by Gasteiger charge is -2.34. The predicted octanol–water partition coefficient (Wildman–Crippen LogP) is 2.87. The van der Waals surface area contributed by atoms with Gasteiger partial charge in [0.1, 0.15) is 17.0 Å². The highest BCUT2D eigenvalue weighted by Crippen LogP contribution is 2.40. The summed E-state index contributed by atoms with van der Waals surface area (Å²) in [5.74, 6) is 3.68. The first-order valence-electron chi connectivity index (χ1n) is 8.10. The molecule has 0 aromatic carbocycles. The van der Waals surface area contributed by atoms with Gasteiger partial charge in [-0.25, -0.2) is 4.98 Å². The normalized spacial score (nSPS) is 23.3. The van der Waals surface area contributed by atoms with Gasteiger partial charge in [0.2, 0.25) is 0 Å². The molecule has 6 heteroatoms. The summed E-state index contributed by atoms with van der Waals surface area (Å²) in [5, 5.41) is 3.41. The summed E-state index contributed by atoms with van der Waals surface area (Å²) in [6.07, 6.45) is 5.85. The van der Waals surface area contributed by atoms with Crippen molar-refractivity contribution >= 4 is 24.3 Å². The van der Waals surface area contributed by atoms with Crippen LogP contribution in [0.2, 0.25) is 0 Å². The number of H-pyrrole nitrogens is 1. The Morgan fingerprint density at radius 2 is 2.14 bits per heavy atom. The third-order valence-corrected chi connectivity index (χ3v) is 4.39. The molecule has 2 N–H and O–H groups in total. The maximum atomic E-state index is 4.84. The van der Waals surface area contributed by atoms with Crippen LogP contribution in [0, 0.1) is 0 Å². The Kier molecular flexibility index (Phi) is 4.42. The molecule has 0 amide bonds. The number of thiol groups is 1. The molecule has 1 aliphatic heterocycles. The van der Waals surface area contributed by atoms with Crippen LogP contribution in [-0.4, -0.2) is 34.4 Å². The molecule has 0 saturated heterocycles. The molecule has 1 aromatic heterocycles. The average molecular weight is 307 g/mol. The number of imidazole rings is 1. The van der Waals surface area contributed by atoms with E-state index in [4.69, 9.17) is 9.98 Å². The number of anilines is 1. The molecule has 1 saturated carbocycles. The standard InChI is InChI=1S/C15H25N5S/c1-3-5-8-16-13-11-14(18-12(17-11)10-6-7-10)20(9-4-2)15(21)19-13/h10,15,21H,3-9H2,1-2H3,(H,16,19)(H,17,18). The van der Waals surface area contributed by atoms with E-state index in [2.05, 4.69) is 41.7 Å². The summed E-state index contributed by atoms with van der Waals surface area (Å²) < 4.78 is 0. The van der Waals surface area contributed by atoms with Gasteiger partial charge in [0.15, 0.2) is 11.7 Å². The second-order valence-corrected chi connectivity index (χ2v) is 6.38. The van der Waals surface area contributed by atoms with E-state index in [0.717, 1.165) is 55.5 Å². The third-order valence-electron chi connectivity index (χ3n) is 3.98. The molecule has 1 aliphatic carbocycles. The van der Waals surface area contributed by atoms with Crippen molar-refractivity contribution in [2.24, 2.45) is 4.99 Å². The number of nitrogens with one attached hydrogen (secondary N) is 2. The van der Waals surface area contributed by atoms with Gasteiger partial charge in [0.25, 0.3) is 0 Å². The van der Waals surface area contributed by atoms with E-state index >= 15 is 0 Å². The molecule has 2 heterocycles. The monoisotopic (exact) mass is 307 g/mol. The molecular formula is C15H25N5S. The van der Waals surface area contributed by atoms with Crippen molar-refractivity contribution in [3.63, 3.8) is 0 Å². The molecule has 1 fully saturated rings. The number of unbranched alkanes of at least 4 members (excludes halogenated alkanes) is 1. The lowest BCUT2D eigenvalue weighted by molar-refractivity contribution is 0.675. The van der Waals surface area contributed by atoms with Crippen molar-refractivity contribution in [3.05, 3.63) is 11.5 Å². The van der Waals surface area contributed by atoms with Crippen LogP contribution in [0.4, 0.5) is 5.82 Å². The minimum absolute atomic E-state index is 0.0480. The van der Waals surface area contributed by atoms with E-state index in [9.17, 15) is 0 Å². The fraction of sp³-hybridized carbons (Fsp3) is 0.733. The molecule has 0 bridgehead atoms. The number of fused-ring (bicyclic) bond motifs is 1. The third kappa shape index (κ3) is 3.05. The van der Waals surface area contributed by atoms with Gasteiger partial charge in [0.05, 0.1) is 0 Å². The number of hydrogen-bond donors (Lipinski definition) is 3. The minimum Gasteiger partial charge on any atom is -0.340 e. The Labute approximate surface area is 132 Å².